The molecule has 0 aromatic heterocycles. The number of carbonyl (C=O) groups excluding carboxylic acids is 1. The van der Waals surface area contributed by atoms with Crippen LogP contribution >= 0.6 is 0 Å². The predicted octanol–water partition coefficient (Wildman–Crippen LogP) is 10.2. The molecule has 0 saturated heterocycles. The minimum atomic E-state index is -0.743. The molecule has 0 aromatic carbocycles. The van der Waals surface area contributed by atoms with Crippen LogP contribution in [0.15, 0.2) is 0 Å². The van der Waals surface area contributed by atoms with Crippen molar-refractivity contribution in [1.82, 2.24) is 0 Å². The molecule has 1 radical (unpaired) electrons. The number of unbranched alkanes of at least 4 members (excludes halogenated alkanes) is 15. The Morgan fingerprint density at radius 3 is 1.26 bits per heavy atom. The van der Waals surface area contributed by atoms with Gasteiger partial charge in [-0.3, -0.25) is 0 Å². The van der Waals surface area contributed by atoms with Gasteiger partial charge in [0.15, 0.2) is 0 Å². The summed E-state index contributed by atoms with van der Waals surface area (Å²) in [6.45, 7) is 8.96. The summed E-state index contributed by atoms with van der Waals surface area (Å²) in [6.07, 6.45) is 26.1. The normalized spacial score (nSPS) is 12.9. The van der Waals surface area contributed by atoms with Crippen LogP contribution in [0.25, 0.3) is 0 Å². The van der Waals surface area contributed by atoms with Crippen molar-refractivity contribution in [3.8, 4) is 0 Å². The first-order chi connectivity index (χ1) is 15.1. The van der Waals surface area contributed by atoms with Crippen molar-refractivity contribution in [1.29, 1.82) is 0 Å². The number of hydrogen-bond acceptors (Lipinski definition) is 1. The van der Waals surface area contributed by atoms with Gasteiger partial charge >= 0.3 is 5.97 Å². The van der Waals surface area contributed by atoms with E-state index in [4.69, 9.17) is 0 Å². The Labute approximate surface area is 196 Å². The molecular weight excluding hydrogens is 380 g/mol. The second kappa shape index (κ2) is 21.3. The zero-order valence-corrected chi connectivity index (χ0v) is 22.0. The van der Waals surface area contributed by atoms with Gasteiger partial charge in [-0.15, -0.1) is 0 Å². The van der Waals surface area contributed by atoms with Crippen molar-refractivity contribution in [3.05, 3.63) is 0 Å². The molecule has 1 unspecified atom stereocenters. The summed E-state index contributed by atoms with van der Waals surface area (Å²) in [6, 6.07) is 0. The number of hydrogen-bond donors (Lipinski definition) is 0. The Balaban J connectivity index is 4.89. The molecule has 0 N–H and O–H groups in total. The molecule has 31 heavy (non-hydrogen) atoms. The molecule has 0 amide bonds. The van der Waals surface area contributed by atoms with E-state index in [1.807, 2.05) is 0 Å². The Hall–Kier alpha value is -0.530. The Bertz CT molecular complexity index is 374. The topological polar surface area (TPSA) is 37.0 Å². The van der Waals surface area contributed by atoms with E-state index in [0.29, 0.717) is 0 Å². The molecule has 0 saturated carbocycles. The third-order valence-corrected chi connectivity index (χ3v) is 7.54. The van der Waals surface area contributed by atoms with E-state index in [2.05, 4.69) is 27.7 Å². The highest BCUT2D eigenvalue weighted by atomic mass is 16.4. The van der Waals surface area contributed by atoms with Gasteiger partial charge in [0.05, 0.1) is 5.41 Å². The van der Waals surface area contributed by atoms with Crippen LogP contribution < -0.4 is 0 Å². The molecule has 1 atom stereocenters. The quantitative estimate of drug-likeness (QED) is 0.138. The van der Waals surface area contributed by atoms with Gasteiger partial charge in [0.25, 0.3) is 0 Å². The maximum Gasteiger partial charge on any atom is 0.361 e. The Kier molecular flexibility index (Phi) is 21.0. The number of carbonyl (C=O) groups is 1. The van der Waals surface area contributed by atoms with Crippen LogP contribution in [-0.2, 0) is 9.90 Å². The molecule has 2 nitrogen and oxygen atoms in total. The molecule has 0 aliphatic rings. The summed E-state index contributed by atoms with van der Waals surface area (Å²) in [5.41, 5.74) is -0.590. The first kappa shape index (κ1) is 30.5. The SMILES string of the molecule is CCCCCCCCC(CC)C(CCCCCCCC)(CCCCCCCC)C([O])=O. The van der Waals surface area contributed by atoms with Crippen LogP contribution in [-0.4, -0.2) is 5.97 Å². The van der Waals surface area contributed by atoms with Gasteiger partial charge in [-0.05, 0) is 25.2 Å². The van der Waals surface area contributed by atoms with Crippen molar-refractivity contribution >= 4 is 5.97 Å². The van der Waals surface area contributed by atoms with Gasteiger partial charge in [-0.1, -0.05) is 150 Å². The summed E-state index contributed by atoms with van der Waals surface area (Å²) in [7, 11) is 0. The van der Waals surface area contributed by atoms with E-state index in [1.54, 1.807) is 0 Å². The lowest BCUT2D eigenvalue weighted by Crippen LogP contribution is -2.38. The lowest BCUT2D eigenvalue weighted by atomic mass is 9.65. The lowest BCUT2D eigenvalue weighted by Gasteiger charge is -2.37. The fourth-order valence-electron chi connectivity index (χ4n) is 5.39. The highest BCUT2D eigenvalue weighted by Gasteiger charge is 2.44. The van der Waals surface area contributed by atoms with Gasteiger partial charge in [0, 0.05) is 0 Å². The van der Waals surface area contributed by atoms with Gasteiger partial charge < -0.3 is 0 Å². The van der Waals surface area contributed by atoms with E-state index in [0.717, 1.165) is 38.5 Å². The molecule has 0 aliphatic heterocycles. The second-order valence-electron chi connectivity index (χ2n) is 10.1. The molecule has 0 heterocycles. The zero-order chi connectivity index (χ0) is 23.2. The molecule has 0 fully saturated rings. The molecule has 0 spiro atoms. The first-order valence-corrected chi connectivity index (χ1v) is 14.3. The maximum absolute atomic E-state index is 12.6. The molecule has 0 bridgehead atoms. The predicted molar refractivity (Wildman–Crippen MR) is 136 cm³/mol. The summed E-state index contributed by atoms with van der Waals surface area (Å²) in [5, 5.41) is 12.6. The molecule has 0 rings (SSSR count). The molecule has 185 valence electrons. The zero-order valence-electron chi connectivity index (χ0n) is 22.0. The third kappa shape index (κ3) is 14.3. The molecule has 2 heteroatoms. The summed E-state index contributed by atoms with van der Waals surface area (Å²) in [5.74, 6) is -0.456. The Morgan fingerprint density at radius 1 is 0.548 bits per heavy atom. The monoisotopic (exact) mass is 437 g/mol. The lowest BCUT2D eigenvalue weighted by molar-refractivity contribution is -0.161. The number of rotatable bonds is 24. The van der Waals surface area contributed by atoms with Crippen LogP contribution in [0.4, 0.5) is 0 Å². The maximum atomic E-state index is 12.6. The minimum Gasteiger partial charge on any atom is -0.247 e. The molecule has 0 aromatic rings. The highest BCUT2D eigenvalue weighted by molar-refractivity contribution is 5.74. The van der Waals surface area contributed by atoms with Crippen molar-refractivity contribution in [2.24, 2.45) is 11.3 Å². The third-order valence-electron chi connectivity index (χ3n) is 7.54. The second-order valence-corrected chi connectivity index (χ2v) is 10.1. The van der Waals surface area contributed by atoms with E-state index in [-0.39, 0.29) is 5.92 Å². The summed E-state index contributed by atoms with van der Waals surface area (Å²) >= 11 is 0. The van der Waals surface area contributed by atoms with E-state index in [9.17, 15) is 9.90 Å². The van der Waals surface area contributed by atoms with Crippen LogP contribution in [0.3, 0.4) is 0 Å². The fourth-order valence-corrected chi connectivity index (χ4v) is 5.39. The van der Waals surface area contributed by atoms with Crippen molar-refractivity contribution < 1.29 is 9.90 Å². The smallest absolute Gasteiger partial charge is 0.247 e. The van der Waals surface area contributed by atoms with Crippen LogP contribution in [0.1, 0.15) is 169 Å². The first-order valence-electron chi connectivity index (χ1n) is 14.3. The van der Waals surface area contributed by atoms with Gasteiger partial charge in [-0.25, -0.2) is 9.90 Å². The molecular formula is C29H57O2. The fraction of sp³-hybridized carbons (Fsp3) is 0.966. The largest absolute Gasteiger partial charge is 0.361 e. The van der Waals surface area contributed by atoms with Gasteiger partial charge in [0.2, 0.25) is 0 Å². The van der Waals surface area contributed by atoms with Crippen molar-refractivity contribution in [2.45, 2.75) is 169 Å². The van der Waals surface area contributed by atoms with E-state index >= 15 is 0 Å². The summed E-state index contributed by atoms with van der Waals surface area (Å²) in [4.78, 5) is 12.6. The van der Waals surface area contributed by atoms with Crippen molar-refractivity contribution in [2.75, 3.05) is 0 Å². The average Bonchev–Trinajstić information content (AvgIpc) is 2.76. The van der Waals surface area contributed by atoms with E-state index < -0.39 is 11.4 Å². The molecule has 0 aliphatic carbocycles. The average molecular weight is 438 g/mol. The van der Waals surface area contributed by atoms with Crippen LogP contribution in [0.5, 0.6) is 0 Å². The highest BCUT2D eigenvalue weighted by Crippen LogP contribution is 2.44. The Morgan fingerprint density at radius 2 is 0.903 bits per heavy atom. The standard InChI is InChI=1S/C29H57O2/c1-5-9-12-15-18-21-24-27(8-4)29(28(30)31,25-22-19-16-13-10-6-2)26-23-20-17-14-11-7-3/h27H,5-26H2,1-4H3. The van der Waals surface area contributed by atoms with Gasteiger partial charge in [-0.2, -0.15) is 0 Å². The van der Waals surface area contributed by atoms with E-state index in [1.165, 1.54) is 103 Å². The summed E-state index contributed by atoms with van der Waals surface area (Å²) < 4.78 is 0. The van der Waals surface area contributed by atoms with Crippen molar-refractivity contribution in [3.63, 3.8) is 0 Å². The van der Waals surface area contributed by atoms with Crippen LogP contribution in [0.2, 0.25) is 0 Å². The van der Waals surface area contributed by atoms with Gasteiger partial charge in [0.1, 0.15) is 0 Å². The van der Waals surface area contributed by atoms with Crippen LogP contribution in [0, 0.1) is 11.3 Å². The minimum absolute atomic E-state index is 0.287.